The van der Waals surface area contributed by atoms with Crippen LogP contribution in [0.1, 0.15) is 18.6 Å². The summed E-state index contributed by atoms with van der Waals surface area (Å²) < 4.78 is 5.06. The van der Waals surface area contributed by atoms with E-state index in [1.165, 1.54) is 23.9 Å². The van der Waals surface area contributed by atoms with Crippen molar-refractivity contribution < 1.29 is 19.6 Å². The van der Waals surface area contributed by atoms with E-state index in [9.17, 15) is 20.0 Å². The molecule has 0 aliphatic carbocycles. The Morgan fingerprint density at radius 1 is 1.23 bits per heavy atom. The molecule has 138 valence electrons. The second-order valence-electron chi connectivity index (χ2n) is 5.55. The molecule has 2 aromatic carbocycles. The van der Waals surface area contributed by atoms with E-state index in [1.807, 2.05) is 0 Å². The molecule has 2 aromatic rings. The highest BCUT2D eigenvalue weighted by molar-refractivity contribution is 8.00. The Balaban J connectivity index is 1.84. The van der Waals surface area contributed by atoms with Crippen molar-refractivity contribution in [3.63, 3.8) is 0 Å². The van der Waals surface area contributed by atoms with E-state index in [0.717, 1.165) is 4.90 Å². The molecule has 0 aliphatic heterocycles. The number of aliphatic hydroxyl groups excluding tert-OH is 1. The number of non-ortho nitro benzene ring substituents is 1. The minimum absolute atomic E-state index is 0.00840. The fourth-order valence-corrected chi connectivity index (χ4v) is 3.08. The van der Waals surface area contributed by atoms with Crippen LogP contribution in [-0.4, -0.2) is 34.8 Å². The highest BCUT2D eigenvalue weighted by atomic mass is 32.2. The molecular weight excluding hydrogens is 356 g/mol. The smallest absolute Gasteiger partial charge is 0.269 e. The van der Waals surface area contributed by atoms with E-state index in [0.29, 0.717) is 11.3 Å². The van der Waals surface area contributed by atoms with E-state index in [1.54, 1.807) is 50.4 Å². The minimum atomic E-state index is -0.818. The summed E-state index contributed by atoms with van der Waals surface area (Å²) in [5, 5.41) is 23.1. The number of aliphatic hydroxyl groups is 1. The topological polar surface area (TPSA) is 102 Å². The molecule has 2 N–H and O–H groups in total. The molecule has 0 radical (unpaired) electrons. The van der Waals surface area contributed by atoms with E-state index >= 15 is 0 Å². The number of rotatable bonds is 8. The van der Waals surface area contributed by atoms with Crippen LogP contribution < -0.4 is 10.1 Å². The standard InChI is InChI=1S/C18H20N2O5S/c1-12(26-16-9-5-14(6-10-16)20(23)24)18(22)19-11-17(21)13-3-7-15(25-2)8-4-13/h3-10,12,17,21H,11H2,1-2H3,(H,19,22). The maximum absolute atomic E-state index is 12.2. The molecule has 1 amide bonds. The van der Waals surface area contributed by atoms with Crippen LogP contribution >= 0.6 is 11.8 Å². The van der Waals surface area contributed by atoms with Gasteiger partial charge < -0.3 is 15.2 Å². The summed E-state index contributed by atoms with van der Waals surface area (Å²) >= 11 is 1.29. The van der Waals surface area contributed by atoms with E-state index < -0.39 is 16.3 Å². The number of nitrogens with zero attached hydrogens (tertiary/aromatic N) is 1. The van der Waals surface area contributed by atoms with Crippen LogP contribution in [0.15, 0.2) is 53.4 Å². The molecule has 2 atom stereocenters. The summed E-state index contributed by atoms with van der Waals surface area (Å²) in [7, 11) is 1.57. The van der Waals surface area contributed by atoms with Gasteiger partial charge in [-0.05, 0) is 36.8 Å². The van der Waals surface area contributed by atoms with Crippen molar-refractivity contribution in [1.29, 1.82) is 0 Å². The molecule has 2 rings (SSSR count). The molecule has 0 saturated carbocycles. The first-order chi connectivity index (χ1) is 12.4. The van der Waals surface area contributed by atoms with Crippen molar-refractivity contribution in [3.05, 3.63) is 64.2 Å². The number of amides is 1. The largest absolute Gasteiger partial charge is 0.497 e. The number of nitro groups is 1. The number of carbonyl (C=O) groups is 1. The first kappa shape index (κ1) is 19.7. The molecule has 0 saturated heterocycles. The predicted molar refractivity (Wildman–Crippen MR) is 99.4 cm³/mol. The van der Waals surface area contributed by atoms with Gasteiger partial charge in [-0.1, -0.05) is 12.1 Å². The molecule has 8 heteroatoms. The Hall–Kier alpha value is -2.58. The van der Waals surface area contributed by atoms with Gasteiger partial charge in [0.1, 0.15) is 5.75 Å². The number of carbonyl (C=O) groups excluding carboxylic acids is 1. The molecule has 0 bridgehead atoms. The summed E-state index contributed by atoms with van der Waals surface area (Å²) in [6, 6.07) is 13.0. The number of nitrogens with one attached hydrogen (secondary N) is 1. The fraction of sp³-hybridized carbons (Fsp3) is 0.278. The van der Waals surface area contributed by atoms with Crippen LogP contribution in [0, 0.1) is 10.1 Å². The fourth-order valence-electron chi connectivity index (χ4n) is 2.19. The Bertz CT molecular complexity index is 749. The Morgan fingerprint density at radius 2 is 1.85 bits per heavy atom. The lowest BCUT2D eigenvalue weighted by Gasteiger charge is -2.15. The van der Waals surface area contributed by atoms with Crippen LogP contribution in [-0.2, 0) is 4.79 Å². The number of nitro benzene ring substituents is 1. The van der Waals surface area contributed by atoms with Gasteiger partial charge in [0.05, 0.1) is 23.4 Å². The second-order valence-corrected chi connectivity index (χ2v) is 6.96. The van der Waals surface area contributed by atoms with E-state index in [4.69, 9.17) is 4.74 Å². The maximum Gasteiger partial charge on any atom is 0.269 e. The van der Waals surface area contributed by atoms with Crippen LogP contribution in [0.25, 0.3) is 0 Å². The lowest BCUT2D eigenvalue weighted by atomic mass is 10.1. The number of hydrogen-bond donors (Lipinski definition) is 2. The van der Waals surface area contributed by atoms with Gasteiger partial charge in [-0.2, -0.15) is 0 Å². The second kappa shape index (κ2) is 9.21. The highest BCUT2D eigenvalue weighted by Gasteiger charge is 2.17. The molecule has 0 fully saturated rings. The zero-order valence-electron chi connectivity index (χ0n) is 14.4. The summed E-state index contributed by atoms with van der Waals surface area (Å²) in [6.07, 6.45) is -0.818. The number of hydrogen-bond acceptors (Lipinski definition) is 6. The lowest BCUT2D eigenvalue weighted by Crippen LogP contribution is -2.34. The van der Waals surface area contributed by atoms with Crippen LogP contribution in [0.5, 0.6) is 5.75 Å². The number of methoxy groups -OCH3 is 1. The van der Waals surface area contributed by atoms with Crippen molar-refractivity contribution in [2.24, 2.45) is 0 Å². The predicted octanol–water partition coefficient (Wildman–Crippen LogP) is 2.93. The maximum atomic E-state index is 12.2. The molecule has 0 aliphatic rings. The minimum Gasteiger partial charge on any atom is -0.497 e. The zero-order valence-corrected chi connectivity index (χ0v) is 15.2. The molecule has 0 spiro atoms. The summed E-state index contributed by atoms with van der Waals surface area (Å²) in [6.45, 7) is 1.83. The zero-order chi connectivity index (χ0) is 19.1. The van der Waals surface area contributed by atoms with Crippen LogP contribution in [0.4, 0.5) is 5.69 Å². The molecular formula is C18H20N2O5S. The molecule has 7 nitrogen and oxygen atoms in total. The molecule has 26 heavy (non-hydrogen) atoms. The molecule has 0 heterocycles. The van der Waals surface area contributed by atoms with Gasteiger partial charge in [0.15, 0.2) is 0 Å². The number of benzene rings is 2. The third-order valence-corrected chi connectivity index (χ3v) is 4.81. The van der Waals surface area contributed by atoms with E-state index in [-0.39, 0.29) is 18.1 Å². The summed E-state index contributed by atoms with van der Waals surface area (Å²) in [5.74, 6) is 0.471. The Labute approximate surface area is 155 Å². The van der Waals surface area contributed by atoms with Crippen molar-refractivity contribution in [1.82, 2.24) is 5.32 Å². The molecule has 2 unspecified atom stereocenters. The highest BCUT2D eigenvalue weighted by Crippen LogP contribution is 2.25. The van der Waals surface area contributed by atoms with Gasteiger partial charge in [0, 0.05) is 23.6 Å². The number of ether oxygens (including phenoxy) is 1. The number of thioether (sulfide) groups is 1. The van der Waals surface area contributed by atoms with Gasteiger partial charge in [-0.25, -0.2) is 0 Å². The van der Waals surface area contributed by atoms with Crippen molar-refractivity contribution in [3.8, 4) is 5.75 Å². The van der Waals surface area contributed by atoms with Crippen molar-refractivity contribution >= 4 is 23.4 Å². The quantitative estimate of drug-likeness (QED) is 0.417. The first-order valence-corrected chi connectivity index (χ1v) is 8.79. The molecule has 0 aromatic heterocycles. The van der Waals surface area contributed by atoms with Gasteiger partial charge in [-0.15, -0.1) is 11.8 Å². The third-order valence-electron chi connectivity index (χ3n) is 3.70. The third kappa shape index (κ3) is 5.47. The average molecular weight is 376 g/mol. The SMILES string of the molecule is COc1ccc(C(O)CNC(=O)C(C)Sc2ccc([N+](=O)[O-])cc2)cc1. The van der Waals surface area contributed by atoms with Gasteiger partial charge in [0.25, 0.3) is 5.69 Å². The van der Waals surface area contributed by atoms with Crippen molar-refractivity contribution in [2.75, 3.05) is 13.7 Å². The van der Waals surface area contributed by atoms with Gasteiger partial charge in [-0.3, -0.25) is 14.9 Å². The van der Waals surface area contributed by atoms with Crippen LogP contribution in [0.2, 0.25) is 0 Å². The first-order valence-electron chi connectivity index (χ1n) is 7.91. The van der Waals surface area contributed by atoms with E-state index in [2.05, 4.69) is 5.32 Å². The van der Waals surface area contributed by atoms with Gasteiger partial charge >= 0.3 is 0 Å². The van der Waals surface area contributed by atoms with Crippen molar-refractivity contribution in [2.45, 2.75) is 23.2 Å². The van der Waals surface area contributed by atoms with Gasteiger partial charge in [0.2, 0.25) is 5.91 Å². The Kier molecular flexibility index (Phi) is 6.99. The summed E-state index contributed by atoms with van der Waals surface area (Å²) in [4.78, 5) is 23.1. The Morgan fingerprint density at radius 3 is 2.38 bits per heavy atom. The lowest BCUT2D eigenvalue weighted by molar-refractivity contribution is -0.384. The normalized spacial score (nSPS) is 12.9. The summed E-state index contributed by atoms with van der Waals surface area (Å²) in [5.41, 5.74) is 0.691. The monoisotopic (exact) mass is 376 g/mol. The van der Waals surface area contributed by atoms with Crippen LogP contribution in [0.3, 0.4) is 0 Å². The average Bonchev–Trinajstić information content (AvgIpc) is 2.66.